The smallest absolute Gasteiger partial charge is 0.374 e. The van der Waals surface area contributed by atoms with E-state index in [9.17, 15) is 4.79 Å². The first-order chi connectivity index (χ1) is 8.81. The minimum atomic E-state index is -0.464. The topological polar surface area (TPSA) is 69.9 Å². The van der Waals surface area contributed by atoms with Crippen LogP contribution in [-0.2, 0) is 20.8 Å². The van der Waals surface area contributed by atoms with Crippen LogP contribution in [0.25, 0.3) is 0 Å². The third-order valence-corrected chi connectivity index (χ3v) is 2.69. The molecule has 1 atom stereocenters. The molecule has 1 aliphatic rings. The summed E-state index contributed by atoms with van der Waals surface area (Å²) in [6, 6.07) is 1.75. The molecule has 0 saturated carbocycles. The largest absolute Gasteiger partial charge is 0.463 e. The number of methoxy groups -OCH3 is 1. The van der Waals surface area contributed by atoms with E-state index >= 15 is 0 Å². The number of furan rings is 1. The van der Waals surface area contributed by atoms with Crippen LogP contribution in [0, 0.1) is 0 Å². The Hall–Kier alpha value is -1.37. The highest BCUT2D eigenvalue weighted by atomic mass is 16.6. The van der Waals surface area contributed by atoms with Crippen LogP contribution in [-0.4, -0.2) is 45.5 Å². The van der Waals surface area contributed by atoms with Crippen molar-refractivity contribution in [2.24, 2.45) is 0 Å². The fourth-order valence-corrected chi connectivity index (χ4v) is 1.77. The van der Waals surface area contributed by atoms with Gasteiger partial charge in [0.25, 0.3) is 0 Å². The molecule has 1 N–H and O–H groups in total. The second kappa shape index (κ2) is 6.53. The van der Waals surface area contributed by atoms with E-state index in [4.69, 9.17) is 13.9 Å². The Morgan fingerprint density at radius 3 is 3.17 bits per heavy atom. The lowest BCUT2D eigenvalue weighted by molar-refractivity contribution is -0.0864. The Balaban J connectivity index is 1.79. The maximum atomic E-state index is 11.4. The average molecular weight is 255 g/mol. The van der Waals surface area contributed by atoms with Crippen molar-refractivity contribution in [3.63, 3.8) is 0 Å². The molecule has 1 aromatic rings. The number of hydrogen-bond acceptors (Lipinski definition) is 6. The number of carbonyl (C=O) groups is 1. The molecule has 1 fully saturated rings. The van der Waals surface area contributed by atoms with Crippen molar-refractivity contribution in [1.82, 2.24) is 5.32 Å². The molecule has 1 unspecified atom stereocenters. The van der Waals surface area contributed by atoms with Crippen molar-refractivity contribution in [2.45, 2.75) is 12.6 Å². The number of nitrogens with one attached hydrogen (secondary N) is 1. The van der Waals surface area contributed by atoms with Gasteiger partial charge in [0.1, 0.15) is 0 Å². The molecule has 2 rings (SSSR count). The third kappa shape index (κ3) is 3.32. The number of rotatable bonds is 5. The molecule has 0 aliphatic carbocycles. The summed E-state index contributed by atoms with van der Waals surface area (Å²) in [5.74, 6) is -0.222. The van der Waals surface area contributed by atoms with E-state index in [-0.39, 0.29) is 11.9 Å². The maximum Gasteiger partial charge on any atom is 0.374 e. The molecular formula is C12H17NO5. The van der Waals surface area contributed by atoms with Crippen LogP contribution in [0.15, 0.2) is 16.7 Å². The monoisotopic (exact) mass is 255 g/mol. The molecular weight excluding hydrogens is 238 g/mol. The van der Waals surface area contributed by atoms with Gasteiger partial charge in [0.2, 0.25) is 5.76 Å². The molecule has 0 amide bonds. The van der Waals surface area contributed by atoms with E-state index in [1.54, 1.807) is 6.07 Å². The number of hydrogen-bond donors (Lipinski definition) is 1. The van der Waals surface area contributed by atoms with Gasteiger partial charge in [-0.3, -0.25) is 0 Å². The number of ether oxygens (including phenoxy) is 3. The van der Waals surface area contributed by atoms with Gasteiger partial charge in [0, 0.05) is 18.7 Å². The second-order valence-corrected chi connectivity index (χ2v) is 3.97. The summed E-state index contributed by atoms with van der Waals surface area (Å²) in [4.78, 5) is 11.4. The van der Waals surface area contributed by atoms with Gasteiger partial charge < -0.3 is 23.9 Å². The molecule has 6 heteroatoms. The predicted octanol–water partition coefficient (Wildman–Crippen LogP) is 0.571. The first-order valence-electron chi connectivity index (χ1n) is 5.86. The molecule has 0 radical (unpaired) electrons. The van der Waals surface area contributed by atoms with Crippen LogP contribution in [0.1, 0.15) is 16.1 Å². The van der Waals surface area contributed by atoms with E-state index in [0.717, 1.165) is 5.56 Å². The van der Waals surface area contributed by atoms with Crippen LogP contribution >= 0.6 is 0 Å². The zero-order chi connectivity index (χ0) is 12.8. The first kappa shape index (κ1) is 13.1. The maximum absolute atomic E-state index is 11.4. The van der Waals surface area contributed by atoms with Gasteiger partial charge in [-0.15, -0.1) is 0 Å². The van der Waals surface area contributed by atoms with E-state index in [2.05, 4.69) is 10.1 Å². The van der Waals surface area contributed by atoms with E-state index in [0.29, 0.717) is 32.9 Å². The molecule has 1 aliphatic heterocycles. The zero-order valence-corrected chi connectivity index (χ0v) is 10.3. The van der Waals surface area contributed by atoms with Gasteiger partial charge >= 0.3 is 5.97 Å². The van der Waals surface area contributed by atoms with E-state index < -0.39 is 5.97 Å². The van der Waals surface area contributed by atoms with Crippen molar-refractivity contribution < 1.29 is 23.4 Å². The highest BCUT2D eigenvalue weighted by Crippen LogP contribution is 2.11. The van der Waals surface area contributed by atoms with Crippen LogP contribution in [0.5, 0.6) is 0 Å². The second-order valence-electron chi connectivity index (χ2n) is 3.97. The Bertz CT molecular complexity index is 384. The van der Waals surface area contributed by atoms with Crippen molar-refractivity contribution >= 4 is 5.97 Å². The summed E-state index contributed by atoms with van der Waals surface area (Å²) in [7, 11) is 1.33. The Labute approximate surface area is 105 Å². The van der Waals surface area contributed by atoms with Crippen LogP contribution < -0.4 is 5.32 Å². The van der Waals surface area contributed by atoms with Gasteiger partial charge in [0.05, 0.1) is 39.3 Å². The summed E-state index contributed by atoms with van der Waals surface area (Å²) < 4.78 is 20.5. The fraction of sp³-hybridized carbons (Fsp3) is 0.583. The van der Waals surface area contributed by atoms with Crippen LogP contribution in [0.2, 0.25) is 0 Å². The van der Waals surface area contributed by atoms with Crippen LogP contribution in [0.3, 0.4) is 0 Å². The Kier molecular flexibility index (Phi) is 4.74. The average Bonchev–Trinajstić information content (AvgIpc) is 2.87. The zero-order valence-electron chi connectivity index (χ0n) is 10.3. The molecule has 2 heterocycles. The van der Waals surface area contributed by atoms with Gasteiger partial charge in [0.15, 0.2) is 0 Å². The summed E-state index contributed by atoms with van der Waals surface area (Å²) in [6.45, 7) is 3.09. The van der Waals surface area contributed by atoms with Gasteiger partial charge in [-0.05, 0) is 6.07 Å². The molecule has 0 aromatic carbocycles. The van der Waals surface area contributed by atoms with Crippen LogP contribution in [0.4, 0.5) is 0 Å². The van der Waals surface area contributed by atoms with Gasteiger partial charge in [-0.2, -0.15) is 0 Å². The Morgan fingerprint density at radius 2 is 2.44 bits per heavy atom. The summed E-state index contributed by atoms with van der Waals surface area (Å²) >= 11 is 0. The number of carbonyl (C=O) groups excluding carboxylic acids is 1. The lowest BCUT2D eigenvalue weighted by atomic mass is 10.2. The summed E-state index contributed by atoms with van der Waals surface area (Å²) in [5.41, 5.74) is 0.776. The molecule has 0 bridgehead atoms. The summed E-state index contributed by atoms with van der Waals surface area (Å²) in [6.07, 6.45) is 1.54. The van der Waals surface area contributed by atoms with Crippen molar-refractivity contribution in [3.05, 3.63) is 23.7 Å². The lowest BCUT2D eigenvalue weighted by Gasteiger charge is -2.23. The fourth-order valence-electron chi connectivity index (χ4n) is 1.77. The predicted molar refractivity (Wildman–Crippen MR) is 62.3 cm³/mol. The Morgan fingerprint density at radius 1 is 1.56 bits per heavy atom. The van der Waals surface area contributed by atoms with Gasteiger partial charge in [-0.25, -0.2) is 4.79 Å². The lowest BCUT2D eigenvalue weighted by Crippen LogP contribution is -2.37. The first-order valence-corrected chi connectivity index (χ1v) is 5.86. The highest BCUT2D eigenvalue weighted by Gasteiger charge is 2.17. The third-order valence-electron chi connectivity index (χ3n) is 2.69. The minimum Gasteiger partial charge on any atom is -0.463 e. The molecule has 18 heavy (non-hydrogen) atoms. The molecule has 1 aromatic heterocycles. The molecule has 0 spiro atoms. The molecule has 6 nitrogen and oxygen atoms in total. The van der Waals surface area contributed by atoms with E-state index in [1.165, 1.54) is 13.4 Å². The SMILES string of the molecule is COC(=O)c1occc1CNCC1COCCO1. The quantitative estimate of drug-likeness (QED) is 0.776. The molecule has 1 saturated heterocycles. The van der Waals surface area contributed by atoms with Crippen molar-refractivity contribution in [2.75, 3.05) is 33.5 Å². The van der Waals surface area contributed by atoms with Crippen molar-refractivity contribution in [1.29, 1.82) is 0 Å². The van der Waals surface area contributed by atoms with Gasteiger partial charge in [-0.1, -0.05) is 0 Å². The minimum absolute atomic E-state index is 0.0622. The van der Waals surface area contributed by atoms with E-state index in [1.807, 2.05) is 0 Å². The standard InChI is InChI=1S/C12H17NO5/c1-15-12(14)11-9(2-3-18-11)6-13-7-10-8-16-4-5-17-10/h2-3,10,13H,4-8H2,1H3. The normalized spacial score (nSPS) is 19.7. The van der Waals surface area contributed by atoms with Crippen molar-refractivity contribution in [3.8, 4) is 0 Å². The highest BCUT2D eigenvalue weighted by molar-refractivity contribution is 5.87. The molecule has 100 valence electrons. The summed E-state index contributed by atoms with van der Waals surface area (Å²) in [5, 5.41) is 3.20. The number of esters is 1.